The van der Waals surface area contributed by atoms with Gasteiger partial charge in [-0.15, -0.1) is 0 Å². The minimum absolute atomic E-state index is 0.512. The molecule has 0 saturated heterocycles. The van der Waals surface area contributed by atoms with Crippen LogP contribution in [0.25, 0.3) is 10.9 Å². The first kappa shape index (κ1) is 13.9. The molecule has 0 unspecified atom stereocenters. The summed E-state index contributed by atoms with van der Waals surface area (Å²) >= 11 is 6.46. The molecule has 106 valence electrons. The lowest BCUT2D eigenvalue weighted by Crippen LogP contribution is -2.01. The van der Waals surface area contributed by atoms with Gasteiger partial charge in [-0.05, 0) is 30.5 Å². The van der Waals surface area contributed by atoms with E-state index in [2.05, 4.69) is 26.0 Å². The van der Waals surface area contributed by atoms with Crippen molar-refractivity contribution in [3.63, 3.8) is 0 Å². The van der Waals surface area contributed by atoms with Gasteiger partial charge in [0.15, 0.2) is 6.29 Å². The van der Waals surface area contributed by atoms with E-state index < -0.39 is 0 Å². The Kier molecular flexibility index (Phi) is 3.56. The second-order valence-electron chi connectivity index (χ2n) is 5.30. The fraction of sp³-hybridized carbons (Fsp3) is 0.167. The molecule has 1 aromatic heterocycles. The first-order valence-electron chi connectivity index (χ1n) is 6.90. The number of aldehydes is 1. The van der Waals surface area contributed by atoms with Gasteiger partial charge in [0, 0.05) is 11.9 Å². The average molecular weight is 298 g/mol. The van der Waals surface area contributed by atoms with Crippen LogP contribution < -0.4 is 0 Å². The summed E-state index contributed by atoms with van der Waals surface area (Å²) in [5, 5.41) is 1.44. The van der Waals surface area contributed by atoms with Gasteiger partial charge in [0.2, 0.25) is 0 Å². The van der Waals surface area contributed by atoms with Crippen molar-refractivity contribution in [3.05, 3.63) is 69.9 Å². The van der Waals surface area contributed by atoms with Crippen LogP contribution in [-0.4, -0.2) is 10.9 Å². The Morgan fingerprint density at radius 2 is 1.81 bits per heavy atom. The van der Waals surface area contributed by atoms with Crippen molar-refractivity contribution in [3.8, 4) is 0 Å². The van der Waals surface area contributed by atoms with E-state index in [1.165, 1.54) is 11.1 Å². The number of aryl methyl sites for hydroxylation is 2. The summed E-state index contributed by atoms with van der Waals surface area (Å²) in [6.07, 6.45) is 0.848. The van der Waals surface area contributed by atoms with Crippen molar-refractivity contribution in [2.45, 2.75) is 20.4 Å². The Morgan fingerprint density at radius 1 is 1.10 bits per heavy atom. The Bertz CT molecular complexity index is 818. The Balaban J connectivity index is 2.28. The lowest BCUT2D eigenvalue weighted by molar-refractivity contribution is 0.112. The summed E-state index contributed by atoms with van der Waals surface area (Å²) in [5.74, 6) is 0. The topological polar surface area (TPSA) is 22.0 Å². The minimum Gasteiger partial charge on any atom is -0.326 e. The van der Waals surface area contributed by atoms with Gasteiger partial charge in [0.05, 0.1) is 11.1 Å². The molecule has 0 fully saturated rings. The molecule has 0 radical (unpaired) electrons. The molecule has 0 amide bonds. The number of fused-ring (bicyclic) bond motifs is 1. The van der Waals surface area contributed by atoms with Gasteiger partial charge in [-0.2, -0.15) is 0 Å². The van der Waals surface area contributed by atoms with Crippen LogP contribution in [0.4, 0.5) is 0 Å². The number of carbonyl (C=O) groups excluding carboxylic acids is 1. The zero-order valence-electron chi connectivity index (χ0n) is 12.1. The molecule has 0 N–H and O–H groups in total. The van der Waals surface area contributed by atoms with Crippen LogP contribution in [0.2, 0.25) is 5.15 Å². The molecule has 2 aromatic carbocycles. The third kappa shape index (κ3) is 2.26. The number of hydrogen-bond donors (Lipinski definition) is 0. The zero-order valence-corrected chi connectivity index (χ0v) is 12.8. The van der Waals surface area contributed by atoms with Crippen molar-refractivity contribution >= 4 is 28.8 Å². The molecule has 1 heterocycles. The second kappa shape index (κ2) is 5.38. The quantitative estimate of drug-likeness (QED) is 0.638. The first-order chi connectivity index (χ1) is 10.1. The molecule has 21 heavy (non-hydrogen) atoms. The van der Waals surface area contributed by atoms with Gasteiger partial charge in [-0.1, -0.05) is 54.1 Å². The van der Waals surface area contributed by atoms with Crippen LogP contribution in [0, 0.1) is 13.8 Å². The van der Waals surface area contributed by atoms with E-state index in [0.29, 0.717) is 17.3 Å². The van der Waals surface area contributed by atoms with E-state index in [0.717, 1.165) is 22.8 Å². The molecular weight excluding hydrogens is 282 g/mol. The van der Waals surface area contributed by atoms with E-state index in [9.17, 15) is 4.79 Å². The van der Waals surface area contributed by atoms with Crippen molar-refractivity contribution in [1.29, 1.82) is 0 Å². The highest BCUT2D eigenvalue weighted by molar-refractivity contribution is 6.34. The summed E-state index contributed by atoms with van der Waals surface area (Å²) in [7, 11) is 0. The lowest BCUT2D eigenvalue weighted by Gasteiger charge is -2.10. The van der Waals surface area contributed by atoms with E-state index in [1.807, 2.05) is 34.9 Å². The number of halogens is 1. The van der Waals surface area contributed by atoms with Crippen LogP contribution >= 0.6 is 11.6 Å². The monoisotopic (exact) mass is 297 g/mol. The molecule has 0 spiro atoms. The predicted molar refractivity (Wildman–Crippen MR) is 87.4 cm³/mol. The normalized spacial score (nSPS) is 11.0. The lowest BCUT2D eigenvalue weighted by atomic mass is 10.1. The molecule has 3 rings (SSSR count). The van der Waals surface area contributed by atoms with Gasteiger partial charge in [0.1, 0.15) is 5.15 Å². The van der Waals surface area contributed by atoms with Crippen molar-refractivity contribution in [1.82, 2.24) is 4.57 Å². The number of carbonyl (C=O) groups is 1. The third-order valence-corrected chi connectivity index (χ3v) is 4.43. The summed E-state index contributed by atoms with van der Waals surface area (Å²) in [5.41, 5.74) is 5.15. The Morgan fingerprint density at radius 3 is 2.48 bits per heavy atom. The molecule has 3 heteroatoms. The maximum atomic E-state index is 11.4. The molecule has 0 aliphatic rings. The largest absolute Gasteiger partial charge is 0.326 e. The molecule has 2 nitrogen and oxygen atoms in total. The molecule has 0 aliphatic heterocycles. The maximum Gasteiger partial charge on any atom is 0.153 e. The summed E-state index contributed by atoms with van der Waals surface area (Å²) in [4.78, 5) is 11.4. The summed E-state index contributed by atoms with van der Waals surface area (Å²) < 4.78 is 2.03. The van der Waals surface area contributed by atoms with E-state index in [1.54, 1.807) is 0 Å². The fourth-order valence-corrected chi connectivity index (χ4v) is 3.04. The molecule has 0 atom stereocenters. The highest BCUT2D eigenvalue weighted by Gasteiger charge is 2.17. The standard InChI is InChI=1S/C18H16ClNO/c1-12-8-9-15-16(11-21)18(19)20(17(15)13(12)2)10-14-6-4-3-5-7-14/h3-9,11H,10H2,1-2H3. The number of rotatable bonds is 3. The van der Waals surface area contributed by atoms with Crippen LogP contribution in [0.5, 0.6) is 0 Å². The van der Waals surface area contributed by atoms with E-state index in [4.69, 9.17) is 11.6 Å². The van der Waals surface area contributed by atoms with Crippen molar-refractivity contribution in [2.24, 2.45) is 0 Å². The smallest absolute Gasteiger partial charge is 0.153 e. The summed E-state index contributed by atoms with van der Waals surface area (Å²) in [6.45, 7) is 4.81. The molecular formula is C18H16ClNO. The maximum absolute atomic E-state index is 11.4. The predicted octanol–water partition coefficient (Wildman–Crippen LogP) is 4.77. The van der Waals surface area contributed by atoms with Gasteiger partial charge < -0.3 is 4.57 Å². The van der Waals surface area contributed by atoms with Crippen LogP contribution in [0.1, 0.15) is 27.0 Å². The average Bonchev–Trinajstić information content (AvgIpc) is 2.77. The van der Waals surface area contributed by atoms with Gasteiger partial charge in [0.25, 0.3) is 0 Å². The number of hydrogen-bond acceptors (Lipinski definition) is 1. The molecule has 0 saturated carbocycles. The SMILES string of the molecule is Cc1ccc2c(C=O)c(Cl)n(Cc3ccccc3)c2c1C. The highest BCUT2D eigenvalue weighted by atomic mass is 35.5. The van der Waals surface area contributed by atoms with Crippen LogP contribution in [0.3, 0.4) is 0 Å². The van der Waals surface area contributed by atoms with E-state index >= 15 is 0 Å². The van der Waals surface area contributed by atoms with Crippen molar-refractivity contribution in [2.75, 3.05) is 0 Å². The Hall–Kier alpha value is -2.06. The Labute approximate surface area is 129 Å². The fourth-order valence-electron chi connectivity index (χ4n) is 2.75. The number of aromatic nitrogens is 1. The van der Waals surface area contributed by atoms with Gasteiger partial charge in [-0.25, -0.2) is 0 Å². The van der Waals surface area contributed by atoms with Gasteiger partial charge in [-0.3, -0.25) is 4.79 Å². The number of nitrogens with zero attached hydrogens (tertiary/aromatic N) is 1. The zero-order chi connectivity index (χ0) is 15.0. The summed E-state index contributed by atoms with van der Waals surface area (Å²) in [6, 6.07) is 14.1. The number of benzene rings is 2. The van der Waals surface area contributed by atoms with Crippen LogP contribution in [-0.2, 0) is 6.54 Å². The van der Waals surface area contributed by atoms with E-state index in [-0.39, 0.29) is 0 Å². The molecule has 3 aromatic rings. The molecule has 0 aliphatic carbocycles. The van der Waals surface area contributed by atoms with Crippen molar-refractivity contribution < 1.29 is 4.79 Å². The van der Waals surface area contributed by atoms with Crippen LogP contribution in [0.15, 0.2) is 42.5 Å². The second-order valence-corrected chi connectivity index (χ2v) is 5.66. The van der Waals surface area contributed by atoms with Gasteiger partial charge >= 0.3 is 0 Å². The third-order valence-electron chi connectivity index (χ3n) is 4.02. The molecule has 0 bridgehead atoms. The highest BCUT2D eigenvalue weighted by Crippen LogP contribution is 2.33. The first-order valence-corrected chi connectivity index (χ1v) is 7.28. The minimum atomic E-state index is 0.512.